The van der Waals surface area contributed by atoms with E-state index in [2.05, 4.69) is 15.3 Å². The molecule has 5 heteroatoms. The maximum atomic E-state index is 13.1. The highest BCUT2D eigenvalue weighted by Crippen LogP contribution is 2.40. The molecule has 2 N–H and O–H groups in total. The van der Waals surface area contributed by atoms with Gasteiger partial charge in [-0.15, -0.1) is 0 Å². The number of carbonyl (C=O) groups is 1. The molecule has 3 aromatic rings. The first-order valence-corrected chi connectivity index (χ1v) is 9.94. The van der Waals surface area contributed by atoms with Crippen LogP contribution in [0.1, 0.15) is 51.6 Å². The Morgan fingerprint density at radius 1 is 1.17 bits per heavy atom. The summed E-state index contributed by atoms with van der Waals surface area (Å²) in [6.45, 7) is 3.91. The van der Waals surface area contributed by atoms with Crippen molar-refractivity contribution >= 4 is 5.91 Å². The van der Waals surface area contributed by atoms with Gasteiger partial charge < -0.3 is 10.4 Å². The van der Waals surface area contributed by atoms with Gasteiger partial charge in [-0.3, -0.25) is 14.8 Å². The standard InChI is InChI=1S/C24H25N3O2/c1-15-5-8-26-22(9-15)23(18-3-4-18)27-24(29)20-11-17(14-28)10-19(12-20)21-13-25-7-6-16(21)2/h5-13,18,23,28H,3-4,14H2,1-2H3,(H,27,29). The van der Waals surface area contributed by atoms with Crippen LogP contribution >= 0.6 is 0 Å². The summed E-state index contributed by atoms with van der Waals surface area (Å²) in [7, 11) is 0. The van der Waals surface area contributed by atoms with Gasteiger partial charge in [-0.25, -0.2) is 0 Å². The maximum absolute atomic E-state index is 13.1. The Morgan fingerprint density at radius 3 is 2.69 bits per heavy atom. The molecule has 0 spiro atoms. The van der Waals surface area contributed by atoms with Gasteiger partial charge in [0, 0.05) is 29.7 Å². The number of benzene rings is 1. The summed E-state index contributed by atoms with van der Waals surface area (Å²) >= 11 is 0. The lowest BCUT2D eigenvalue weighted by atomic mass is 9.97. The zero-order valence-corrected chi connectivity index (χ0v) is 16.7. The maximum Gasteiger partial charge on any atom is 0.251 e. The molecule has 1 amide bonds. The Bertz CT molecular complexity index is 1040. The van der Waals surface area contributed by atoms with Crippen LogP contribution in [-0.2, 0) is 6.61 Å². The fourth-order valence-electron chi connectivity index (χ4n) is 3.65. The van der Waals surface area contributed by atoms with E-state index in [1.165, 1.54) is 0 Å². The average molecular weight is 387 g/mol. The second-order valence-electron chi connectivity index (χ2n) is 7.81. The number of nitrogens with zero attached hydrogens (tertiary/aromatic N) is 2. The number of pyridine rings is 2. The molecule has 2 aromatic heterocycles. The number of hydrogen-bond acceptors (Lipinski definition) is 4. The number of amides is 1. The van der Waals surface area contributed by atoms with E-state index in [-0.39, 0.29) is 18.6 Å². The highest BCUT2D eigenvalue weighted by molar-refractivity contribution is 5.96. The molecule has 5 nitrogen and oxygen atoms in total. The molecule has 1 saturated carbocycles. The van der Waals surface area contributed by atoms with Gasteiger partial charge in [-0.2, -0.15) is 0 Å². The Labute approximate surface area is 170 Å². The van der Waals surface area contributed by atoms with Crippen LogP contribution in [0.15, 0.2) is 55.0 Å². The molecule has 1 aliphatic rings. The normalized spacial score (nSPS) is 14.4. The van der Waals surface area contributed by atoms with Crippen molar-refractivity contribution in [1.82, 2.24) is 15.3 Å². The number of nitrogens with one attached hydrogen (secondary N) is 1. The fraction of sp³-hybridized carbons (Fsp3) is 0.292. The molecule has 0 bridgehead atoms. The van der Waals surface area contributed by atoms with Crippen molar-refractivity contribution in [3.63, 3.8) is 0 Å². The fourth-order valence-corrected chi connectivity index (χ4v) is 3.65. The molecule has 2 heterocycles. The molecule has 0 radical (unpaired) electrons. The molecule has 1 aromatic carbocycles. The topological polar surface area (TPSA) is 75.1 Å². The quantitative estimate of drug-likeness (QED) is 0.667. The van der Waals surface area contributed by atoms with Gasteiger partial charge in [-0.05, 0) is 91.3 Å². The minimum absolute atomic E-state index is 0.0937. The van der Waals surface area contributed by atoms with Crippen molar-refractivity contribution in [3.05, 3.63) is 82.9 Å². The van der Waals surface area contributed by atoms with Crippen LogP contribution in [0.2, 0.25) is 0 Å². The third kappa shape index (κ3) is 4.35. The number of aryl methyl sites for hydroxylation is 2. The van der Waals surface area contributed by atoms with E-state index < -0.39 is 0 Å². The summed E-state index contributed by atoms with van der Waals surface area (Å²) in [6, 6.07) is 11.4. The van der Waals surface area contributed by atoms with Crippen LogP contribution in [0, 0.1) is 19.8 Å². The summed E-state index contributed by atoms with van der Waals surface area (Å²) in [5, 5.41) is 12.9. The number of aliphatic hydroxyl groups is 1. The highest BCUT2D eigenvalue weighted by atomic mass is 16.3. The SMILES string of the molecule is Cc1ccnc(C(NC(=O)c2cc(CO)cc(-c3cnccc3C)c2)C2CC2)c1. The van der Waals surface area contributed by atoms with Gasteiger partial charge in [-0.1, -0.05) is 0 Å². The van der Waals surface area contributed by atoms with E-state index in [1.54, 1.807) is 24.7 Å². The number of aliphatic hydroxyl groups excluding tert-OH is 1. The summed E-state index contributed by atoms with van der Waals surface area (Å²) < 4.78 is 0. The molecular formula is C24H25N3O2. The zero-order chi connectivity index (χ0) is 20.4. The Balaban J connectivity index is 1.66. The van der Waals surface area contributed by atoms with Crippen LogP contribution in [0.3, 0.4) is 0 Å². The van der Waals surface area contributed by atoms with Gasteiger partial charge in [0.15, 0.2) is 0 Å². The van der Waals surface area contributed by atoms with Gasteiger partial charge in [0.05, 0.1) is 18.3 Å². The van der Waals surface area contributed by atoms with E-state index in [4.69, 9.17) is 0 Å². The summed E-state index contributed by atoms with van der Waals surface area (Å²) in [4.78, 5) is 21.8. The lowest BCUT2D eigenvalue weighted by molar-refractivity contribution is 0.0930. The van der Waals surface area contributed by atoms with Crippen LogP contribution in [-0.4, -0.2) is 21.0 Å². The average Bonchev–Trinajstić information content (AvgIpc) is 3.57. The first-order chi connectivity index (χ1) is 14.0. The Hall–Kier alpha value is -3.05. The number of aromatic nitrogens is 2. The first-order valence-electron chi connectivity index (χ1n) is 9.94. The van der Waals surface area contributed by atoms with Crippen molar-refractivity contribution < 1.29 is 9.90 Å². The zero-order valence-electron chi connectivity index (χ0n) is 16.7. The van der Waals surface area contributed by atoms with Gasteiger partial charge in [0.25, 0.3) is 5.91 Å². The molecule has 148 valence electrons. The molecule has 4 rings (SSSR count). The minimum Gasteiger partial charge on any atom is -0.392 e. The molecule has 1 aliphatic carbocycles. The van der Waals surface area contributed by atoms with Crippen LogP contribution in [0.25, 0.3) is 11.1 Å². The number of rotatable bonds is 6. The van der Waals surface area contributed by atoms with Crippen LogP contribution < -0.4 is 5.32 Å². The van der Waals surface area contributed by atoms with E-state index >= 15 is 0 Å². The molecule has 0 saturated heterocycles. The van der Waals surface area contributed by atoms with E-state index in [0.29, 0.717) is 17.0 Å². The van der Waals surface area contributed by atoms with Crippen LogP contribution in [0.5, 0.6) is 0 Å². The molecule has 1 unspecified atom stereocenters. The largest absolute Gasteiger partial charge is 0.392 e. The van der Waals surface area contributed by atoms with Crippen LogP contribution in [0.4, 0.5) is 0 Å². The molecule has 1 fully saturated rings. The predicted octanol–water partition coefficient (Wildman–Crippen LogP) is 4.13. The highest BCUT2D eigenvalue weighted by Gasteiger charge is 2.34. The second-order valence-corrected chi connectivity index (χ2v) is 7.81. The molecule has 1 atom stereocenters. The second kappa shape index (κ2) is 8.13. The lowest BCUT2D eigenvalue weighted by Crippen LogP contribution is -2.30. The molecule has 0 aliphatic heterocycles. The Kier molecular flexibility index (Phi) is 5.41. The van der Waals surface area contributed by atoms with Crippen molar-refractivity contribution in [2.45, 2.75) is 39.3 Å². The van der Waals surface area contributed by atoms with Gasteiger partial charge >= 0.3 is 0 Å². The third-order valence-electron chi connectivity index (χ3n) is 5.42. The van der Waals surface area contributed by atoms with Gasteiger partial charge in [0.2, 0.25) is 0 Å². The predicted molar refractivity (Wildman–Crippen MR) is 112 cm³/mol. The van der Waals surface area contributed by atoms with Crippen molar-refractivity contribution in [2.75, 3.05) is 0 Å². The monoisotopic (exact) mass is 387 g/mol. The van der Waals surface area contributed by atoms with E-state index in [9.17, 15) is 9.90 Å². The van der Waals surface area contributed by atoms with E-state index in [0.717, 1.165) is 40.8 Å². The van der Waals surface area contributed by atoms with Crippen molar-refractivity contribution in [1.29, 1.82) is 0 Å². The molecule has 29 heavy (non-hydrogen) atoms. The minimum atomic E-state index is -0.150. The lowest BCUT2D eigenvalue weighted by Gasteiger charge is -2.19. The van der Waals surface area contributed by atoms with E-state index in [1.807, 2.05) is 44.2 Å². The Morgan fingerprint density at radius 2 is 2.00 bits per heavy atom. The van der Waals surface area contributed by atoms with Crippen molar-refractivity contribution in [3.8, 4) is 11.1 Å². The summed E-state index contributed by atoms with van der Waals surface area (Å²) in [5.74, 6) is 0.276. The smallest absolute Gasteiger partial charge is 0.251 e. The molecular weight excluding hydrogens is 362 g/mol. The summed E-state index contributed by atoms with van der Waals surface area (Å²) in [6.07, 6.45) is 7.52. The van der Waals surface area contributed by atoms with Gasteiger partial charge in [0.1, 0.15) is 0 Å². The first kappa shape index (κ1) is 19.3. The number of hydrogen-bond donors (Lipinski definition) is 2. The van der Waals surface area contributed by atoms with Crippen molar-refractivity contribution in [2.24, 2.45) is 5.92 Å². The third-order valence-corrected chi connectivity index (χ3v) is 5.42. The summed E-state index contributed by atoms with van der Waals surface area (Å²) in [5.41, 5.74) is 6.18. The number of carbonyl (C=O) groups excluding carboxylic acids is 1.